The number of non-ortho nitro benzene ring substituents is 1. The van der Waals surface area contributed by atoms with Gasteiger partial charge >= 0.3 is 12.1 Å². The van der Waals surface area contributed by atoms with E-state index in [1.165, 1.54) is 52.9 Å². The molecule has 0 radical (unpaired) electrons. The van der Waals surface area contributed by atoms with E-state index in [2.05, 4.69) is 16.1 Å². The van der Waals surface area contributed by atoms with Crippen molar-refractivity contribution in [1.29, 1.82) is 0 Å². The van der Waals surface area contributed by atoms with Crippen LogP contribution >= 0.6 is 11.8 Å². The van der Waals surface area contributed by atoms with Crippen LogP contribution in [0.15, 0.2) is 24.3 Å². The number of likely N-dealkylation sites (tertiary alicyclic amines) is 1. The van der Waals surface area contributed by atoms with Gasteiger partial charge in [0.05, 0.1) is 35.6 Å². The molecule has 44 heavy (non-hydrogen) atoms. The number of hydrogen-bond acceptors (Lipinski definition) is 14. The summed E-state index contributed by atoms with van der Waals surface area (Å²) in [5.74, 6) is -1.20. The topological polar surface area (TPSA) is 216 Å². The SMILES string of the molecule is CC(=O)OC1CNCCN1NC(=O)CNC(=O)C(C)SC[C@@H]1C[C@H](OS(C)(=O)=O)CN1C(=O)OCc1ccc([N+](=O)[O-])cc1. The zero-order chi connectivity index (χ0) is 32.4. The average molecular weight is 661 g/mol. The molecule has 19 heteroatoms. The Bertz CT molecular complexity index is 1310. The van der Waals surface area contributed by atoms with Gasteiger partial charge < -0.3 is 25.0 Å². The van der Waals surface area contributed by atoms with E-state index < -0.39 is 62.5 Å². The predicted octanol–water partition coefficient (Wildman–Crippen LogP) is -0.286. The number of thioether (sulfide) groups is 1. The Labute approximate surface area is 258 Å². The fraction of sp³-hybridized carbons (Fsp3) is 0.600. The van der Waals surface area contributed by atoms with Gasteiger partial charge in [-0.05, 0) is 31.0 Å². The molecule has 2 aliphatic heterocycles. The van der Waals surface area contributed by atoms with E-state index in [0.29, 0.717) is 25.2 Å². The summed E-state index contributed by atoms with van der Waals surface area (Å²) in [6.45, 7) is 3.64. The van der Waals surface area contributed by atoms with Crippen molar-refractivity contribution < 1.29 is 46.2 Å². The number of hydrogen-bond donors (Lipinski definition) is 3. The molecule has 17 nitrogen and oxygen atoms in total. The summed E-state index contributed by atoms with van der Waals surface area (Å²) >= 11 is 1.20. The number of esters is 1. The number of rotatable bonds is 13. The van der Waals surface area contributed by atoms with E-state index in [1.807, 2.05) is 0 Å². The minimum absolute atomic E-state index is 0.0570. The smallest absolute Gasteiger partial charge is 0.410 e. The lowest BCUT2D eigenvalue weighted by Crippen LogP contribution is -2.60. The van der Waals surface area contributed by atoms with Crippen molar-refractivity contribution in [2.75, 3.05) is 44.7 Å². The standard InChI is InChI=1S/C25H36N6O11S2/c1-16(24(34)27-11-22(33)28-30-9-8-26-12-23(30)41-17(2)32)43-15-20-10-21(42-44(3,38)39)13-29(20)25(35)40-14-18-4-6-19(7-5-18)31(36)37/h4-7,16,20-21,23,26H,8-15H2,1-3H3,(H,27,34)(H,28,33)/t16?,20-,21-,23?/m0/s1. The summed E-state index contributed by atoms with van der Waals surface area (Å²) in [7, 11) is -3.80. The highest BCUT2D eigenvalue weighted by Gasteiger charge is 2.39. The molecule has 1 aromatic rings. The second-order valence-electron chi connectivity index (χ2n) is 10.1. The first kappa shape index (κ1) is 35.0. The van der Waals surface area contributed by atoms with E-state index >= 15 is 0 Å². The third-order valence-corrected chi connectivity index (χ3v) is 8.44. The van der Waals surface area contributed by atoms with E-state index in [1.54, 1.807) is 6.92 Å². The van der Waals surface area contributed by atoms with Crippen molar-refractivity contribution in [3.63, 3.8) is 0 Å². The number of nitro groups is 1. The number of nitrogens with zero attached hydrogens (tertiary/aromatic N) is 3. The van der Waals surface area contributed by atoms with E-state index in [-0.39, 0.29) is 37.6 Å². The van der Waals surface area contributed by atoms with E-state index in [0.717, 1.165) is 6.26 Å². The predicted molar refractivity (Wildman–Crippen MR) is 156 cm³/mol. The Morgan fingerprint density at radius 1 is 1.23 bits per heavy atom. The van der Waals surface area contributed by atoms with Crippen LogP contribution in [0.5, 0.6) is 0 Å². The molecule has 1 aromatic carbocycles. The molecule has 2 heterocycles. The first-order chi connectivity index (χ1) is 20.7. The molecule has 3 N–H and O–H groups in total. The molecule has 0 saturated carbocycles. The zero-order valence-electron chi connectivity index (χ0n) is 24.4. The van der Waals surface area contributed by atoms with Crippen LogP contribution in [0.3, 0.4) is 0 Å². The molecular weight excluding hydrogens is 624 g/mol. The van der Waals surface area contributed by atoms with Crippen molar-refractivity contribution >= 4 is 51.4 Å². The van der Waals surface area contributed by atoms with Gasteiger partial charge in [-0.1, -0.05) is 0 Å². The van der Waals surface area contributed by atoms with Crippen LogP contribution < -0.4 is 16.1 Å². The summed E-state index contributed by atoms with van der Waals surface area (Å²) in [5, 5.41) is 17.3. The Kier molecular flexibility index (Phi) is 12.7. The third-order valence-electron chi connectivity index (χ3n) is 6.53. The number of carbonyl (C=O) groups is 4. The number of piperazine rings is 1. The van der Waals surface area contributed by atoms with Crippen LogP contribution in [0, 0.1) is 10.1 Å². The minimum atomic E-state index is -3.80. The highest BCUT2D eigenvalue weighted by molar-refractivity contribution is 8.00. The quantitative estimate of drug-likeness (QED) is 0.107. The largest absolute Gasteiger partial charge is 0.445 e. The van der Waals surface area contributed by atoms with Gasteiger partial charge in [-0.15, -0.1) is 11.8 Å². The Hall–Kier alpha value is -3.52. The second-order valence-corrected chi connectivity index (χ2v) is 13.1. The molecule has 0 aromatic heterocycles. The normalized spacial score (nSPS) is 21.2. The summed E-state index contributed by atoms with van der Waals surface area (Å²) in [4.78, 5) is 61.0. The molecule has 2 unspecified atom stereocenters. The fourth-order valence-corrected chi connectivity index (χ4v) is 6.16. The van der Waals surface area contributed by atoms with Gasteiger partial charge in [0.25, 0.3) is 21.7 Å². The Morgan fingerprint density at radius 2 is 1.93 bits per heavy atom. The number of hydrazine groups is 1. The highest BCUT2D eigenvalue weighted by Crippen LogP contribution is 2.27. The van der Waals surface area contributed by atoms with Crippen molar-refractivity contribution in [3.8, 4) is 0 Å². The van der Waals surface area contributed by atoms with Crippen LogP contribution in [0.25, 0.3) is 0 Å². The van der Waals surface area contributed by atoms with Crippen molar-refractivity contribution in [3.05, 3.63) is 39.9 Å². The van der Waals surface area contributed by atoms with Crippen LogP contribution in [0.2, 0.25) is 0 Å². The number of ether oxygens (including phenoxy) is 2. The summed E-state index contributed by atoms with van der Waals surface area (Å²) in [5.41, 5.74) is 3.04. The van der Waals surface area contributed by atoms with E-state index in [9.17, 15) is 37.7 Å². The first-order valence-corrected chi connectivity index (χ1v) is 16.5. The molecule has 0 spiro atoms. The minimum Gasteiger partial charge on any atom is -0.445 e. The number of nitro benzene ring substituents is 1. The lowest BCUT2D eigenvalue weighted by molar-refractivity contribution is -0.384. The van der Waals surface area contributed by atoms with Gasteiger partial charge in [0.1, 0.15) is 6.61 Å². The third kappa shape index (κ3) is 11.2. The zero-order valence-corrected chi connectivity index (χ0v) is 26.1. The van der Waals surface area contributed by atoms with Crippen molar-refractivity contribution in [2.24, 2.45) is 0 Å². The molecule has 2 aliphatic rings. The summed E-state index contributed by atoms with van der Waals surface area (Å²) in [6, 6.07) is 4.97. The van der Waals surface area contributed by atoms with E-state index in [4.69, 9.17) is 13.7 Å². The maximum atomic E-state index is 12.9. The van der Waals surface area contributed by atoms with Gasteiger partial charge in [0.2, 0.25) is 5.91 Å². The summed E-state index contributed by atoms with van der Waals surface area (Å²) < 4.78 is 39.1. The number of amides is 3. The summed E-state index contributed by atoms with van der Waals surface area (Å²) in [6.07, 6.45) is -1.13. The van der Waals surface area contributed by atoms with Crippen LogP contribution in [-0.2, 0) is 44.8 Å². The highest BCUT2D eigenvalue weighted by atomic mass is 32.2. The van der Waals surface area contributed by atoms with Gasteiger partial charge in [-0.25, -0.2) is 4.79 Å². The molecule has 3 rings (SSSR count). The maximum absolute atomic E-state index is 12.9. The molecule has 3 amide bonds. The number of nitrogens with one attached hydrogen (secondary N) is 3. The van der Waals surface area contributed by atoms with Gasteiger partial charge in [-0.3, -0.25) is 34.1 Å². The maximum Gasteiger partial charge on any atom is 0.410 e. The second kappa shape index (κ2) is 16.0. The van der Waals surface area contributed by atoms with Crippen LogP contribution in [-0.4, -0.2) is 115 Å². The molecule has 2 fully saturated rings. The van der Waals surface area contributed by atoms with Crippen LogP contribution in [0.4, 0.5) is 10.5 Å². The first-order valence-electron chi connectivity index (χ1n) is 13.6. The molecule has 244 valence electrons. The van der Waals surface area contributed by atoms with Gasteiger partial charge in [-0.2, -0.15) is 13.4 Å². The lowest BCUT2D eigenvalue weighted by Gasteiger charge is -2.34. The number of carbonyl (C=O) groups excluding carboxylic acids is 4. The number of benzene rings is 1. The Morgan fingerprint density at radius 3 is 2.57 bits per heavy atom. The van der Waals surface area contributed by atoms with Crippen molar-refractivity contribution in [1.82, 2.24) is 26.0 Å². The monoisotopic (exact) mass is 660 g/mol. The average Bonchev–Trinajstić information content (AvgIpc) is 3.35. The lowest BCUT2D eigenvalue weighted by atomic mass is 10.2. The molecule has 2 saturated heterocycles. The van der Waals surface area contributed by atoms with Gasteiger partial charge in [0, 0.05) is 50.5 Å². The van der Waals surface area contributed by atoms with Crippen molar-refractivity contribution in [2.45, 2.75) is 50.5 Å². The Balaban J connectivity index is 1.51. The molecular formula is C25H36N6O11S2. The van der Waals surface area contributed by atoms with Crippen LogP contribution in [0.1, 0.15) is 25.8 Å². The molecule has 4 atom stereocenters. The molecule has 0 bridgehead atoms. The van der Waals surface area contributed by atoms with Gasteiger partial charge in [0.15, 0.2) is 6.23 Å². The fourth-order valence-electron chi connectivity index (χ4n) is 4.46. The molecule has 0 aliphatic carbocycles.